The Morgan fingerprint density at radius 2 is 1.71 bits per heavy atom. The van der Waals surface area contributed by atoms with E-state index in [1.807, 2.05) is 0 Å². The van der Waals surface area contributed by atoms with Gasteiger partial charge in [-0.3, -0.25) is 0 Å². The van der Waals surface area contributed by atoms with Gasteiger partial charge in [0.05, 0.1) is 0 Å². The predicted molar refractivity (Wildman–Crippen MR) is 79.7 cm³/mol. The predicted octanol–water partition coefficient (Wildman–Crippen LogP) is 5.38. The maximum atomic E-state index is 12.2. The molecule has 1 rings (SSSR count). The molecule has 1 aromatic carbocycles. The van der Waals surface area contributed by atoms with Crippen LogP contribution in [0.15, 0.2) is 24.3 Å². The zero-order chi connectivity index (χ0) is 15.9. The number of alkyl halides is 3. The number of unbranched alkanes of at least 4 members (excludes halogenated alkanes) is 2. The second-order valence-electron chi connectivity index (χ2n) is 5.20. The zero-order valence-corrected chi connectivity index (χ0v) is 12.9. The van der Waals surface area contributed by atoms with Crippen LogP contribution < -0.4 is 9.64 Å². The summed E-state index contributed by atoms with van der Waals surface area (Å²) in [4.78, 5) is 2.24. The van der Waals surface area contributed by atoms with E-state index < -0.39 is 6.36 Å². The second-order valence-corrected chi connectivity index (χ2v) is 5.20. The minimum absolute atomic E-state index is 0.177. The first-order valence-corrected chi connectivity index (χ1v) is 7.49. The number of nitrogens with zero attached hydrogens (tertiary/aromatic N) is 1. The third-order valence-electron chi connectivity index (χ3n) is 3.53. The van der Waals surface area contributed by atoms with Crippen LogP contribution in [0.5, 0.6) is 5.75 Å². The Balaban J connectivity index is 2.78. The van der Waals surface area contributed by atoms with Crippen molar-refractivity contribution in [1.29, 1.82) is 0 Å². The van der Waals surface area contributed by atoms with E-state index in [1.54, 1.807) is 12.1 Å². The Kier molecular flexibility index (Phi) is 6.85. The molecule has 0 aliphatic carbocycles. The number of hydrogen-bond acceptors (Lipinski definition) is 2. The van der Waals surface area contributed by atoms with Gasteiger partial charge in [-0.2, -0.15) is 0 Å². The minimum Gasteiger partial charge on any atom is -0.406 e. The molecular formula is C16H24F3NO. The van der Waals surface area contributed by atoms with E-state index in [1.165, 1.54) is 12.1 Å². The van der Waals surface area contributed by atoms with Gasteiger partial charge in [0.2, 0.25) is 0 Å². The van der Waals surface area contributed by atoms with Crippen LogP contribution in [0.2, 0.25) is 0 Å². The topological polar surface area (TPSA) is 12.5 Å². The molecular weight excluding hydrogens is 279 g/mol. The first-order valence-electron chi connectivity index (χ1n) is 7.49. The largest absolute Gasteiger partial charge is 0.573 e. The summed E-state index contributed by atoms with van der Waals surface area (Å²) in [7, 11) is 0. The molecule has 0 spiro atoms. The van der Waals surface area contributed by atoms with Gasteiger partial charge >= 0.3 is 6.36 Å². The monoisotopic (exact) mass is 303 g/mol. The van der Waals surface area contributed by atoms with Gasteiger partial charge < -0.3 is 9.64 Å². The lowest BCUT2D eigenvalue weighted by Crippen LogP contribution is -2.33. The first kappa shape index (κ1) is 17.7. The average Bonchev–Trinajstić information content (AvgIpc) is 2.42. The van der Waals surface area contributed by atoms with Crippen molar-refractivity contribution in [3.63, 3.8) is 0 Å². The van der Waals surface area contributed by atoms with E-state index in [-0.39, 0.29) is 5.75 Å². The van der Waals surface area contributed by atoms with Crippen LogP contribution in [0, 0.1) is 0 Å². The zero-order valence-electron chi connectivity index (χ0n) is 12.9. The van der Waals surface area contributed by atoms with Gasteiger partial charge in [-0.25, -0.2) is 0 Å². The number of rotatable bonds is 8. The van der Waals surface area contributed by atoms with E-state index in [2.05, 4.69) is 30.4 Å². The maximum absolute atomic E-state index is 12.2. The van der Waals surface area contributed by atoms with Crippen molar-refractivity contribution in [1.82, 2.24) is 0 Å². The van der Waals surface area contributed by atoms with Gasteiger partial charge in [0.25, 0.3) is 0 Å². The van der Waals surface area contributed by atoms with Gasteiger partial charge in [-0.05, 0) is 44.0 Å². The number of anilines is 1. The number of halogens is 3. The van der Waals surface area contributed by atoms with E-state index in [4.69, 9.17) is 0 Å². The van der Waals surface area contributed by atoms with Gasteiger partial charge in [-0.1, -0.05) is 26.7 Å². The highest BCUT2D eigenvalue weighted by Crippen LogP contribution is 2.26. The van der Waals surface area contributed by atoms with Crippen molar-refractivity contribution >= 4 is 5.69 Å². The van der Waals surface area contributed by atoms with E-state index in [0.717, 1.165) is 37.9 Å². The van der Waals surface area contributed by atoms with Crippen molar-refractivity contribution in [2.24, 2.45) is 0 Å². The Labute approximate surface area is 124 Å². The Hall–Kier alpha value is -1.39. The summed E-state index contributed by atoms with van der Waals surface area (Å²) >= 11 is 0. The second kappa shape index (κ2) is 8.15. The highest BCUT2D eigenvalue weighted by Gasteiger charge is 2.31. The molecule has 0 aliphatic rings. The van der Waals surface area contributed by atoms with Crippen molar-refractivity contribution in [2.45, 2.75) is 58.9 Å². The SMILES string of the molecule is CCCCCN(c1ccc(OC(F)(F)F)cc1)[C@@H](C)CC. The minimum atomic E-state index is -4.64. The van der Waals surface area contributed by atoms with Crippen LogP contribution in [-0.2, 0) is 0 Å². The van der Waals surface area contributed by atoms with Crippen LogP contribution in [-0.4, -0.2) is 18.9 Å². The molecule has 0 aliphatic heterocycles. The number of ether oxygens (including phenoxy) is 1. The van der Waals surface area contributed by atoms with Crippen LogP contribution in [0.4, 0.5) is 18.9 Å². The lowest BCUT2D eigenvalue weighted by molar-refractivity contribution is -0.274. The number of hydrogen-bond donors (Lipinski definition) is 0. The first-order chi connectivity index (χ1) is 9.87. The maximum Gasteiger partial charge on any atom is 0.573 e. The average molecular weight is 303 g/mol. The van der Waals surface area contributed by atoms with E-state index in [9.17, 15) is 13.2 Å². The van der Waals surface area contributed by atoms with Crippen molar-refractivity contribution in [3.8, 4) is 5.75 Å². The van der Waals surface area contributed by atoms with Crippen molar-refractivity contribution < 1.29 is 17.9 Å². The molecule has 0 bridgehead atoms. The summed E-state index contributed by atoms with van der Waals surface area (Å²) in [5.41, 5.74) is 0.940. The molecule has 0 unspecified atom stereocenters. The molecule has 0 radical (unpaired) electrons. The van der Waals surface area contributed by atoms with Crippen LogP contribution >= 0.6 is 0 Å². The van der Waals surface area contributed by atoms with Gasteiger partial charge in [0.1, 0.15) is 5.75 Å². The van der Waals surface area contributed by atoms with Gasteiger partial charge in [-0.15, -0.1) is 13.2 Å². The quantitative estimate of drug-likeness (QED) is 0.598. The molecule has 1 atom stereocenters. The number of benzene rings is 1. The summed E-state index contributed by atoms with van der Waals surface area (Å²) in [5.74, 6) is -0.177. The molecule has 120 valence electrons. The highest BCUT2D eigenvalue weighted by atomic mass is 19.4. The van der Waals surface area contributed by atoms with Crippen LogP contribution in [0.1, 0.15) is 46.5 Å². The molecule has 0 saturated carbocycles. The molecule has 21 heavy (non-hydrogen) atoms. The third-order valence-corrected chi connectivity index (χ3v) is 3.53. The Bertz CT molecular complexity index is 403. The summed E-state index contributed by atoms with van der Waals surface area (Å²) in [5, 5.41) is 0. The molecule has 0 fully saturated rings. The fourth-order valence-corrected chi connectivity index (χ4v) is 2.20. The summed E-state index contributed by atoms with van der Waals surface area (Å²) in [6, 6.07) is 6.49. The van der Waals surface area contributed by atoms with Gasteiger partial charge in [0, 0.05) is 18.3 Å². The van der Waals surface area contributed by atoms with E-state index in [0.29, 0.717) is 6.04 Å². The fraction of sp³-hybridized carbons (Fsp3) is 0.625. The lowest BCUT2D eigenvalue weighted by atomic mass is 10.1. The van der Waals surface area contributed by atoms with Crippen LogP contribution in [0.25, 0.3) is 0 Å². The van der Waals surface area contributed by atoms with Crippen LogP contribution in [0.3, 0.4) is 0 Å². The molecule has 2 nitrogen and oxygen atoms in total. The summed E-state index contributed by atoms with van der Waals surface area (Å²) < 4.78 is 40.4. The molecule has 0 heterocycles. The molecule has 5 heteroatoms. The van der Waals surface area contributed by atoms with Gasteiger partial charge in [0.15, 0.2) is 0 Å². The highest BCUT2D eigenvalue weighted by molar-refractivity contribution is 5.49. The lowest BCUT2D eigenvalue weighted by Gasteiger charge is -2.31. The fourth-order valence-electron chi connectivity index (χ4n) is 2.20. The Morgan fingerprint density at radius 1 is 1.10 bits per heavy atom. The third kappa shape index (κ3) is 6.27. The summed E-state index contributed by atoms with van der Waals surface area (Å²) in [6.07, 6.45) is -0.261. The molecule has 0 aromatic heterocycles. The normalized spacial score (nSPS) is 13.0. The standard InChI is InChI=1S/C16H24F3NO/c1-4-6-7-12-20(13(3)5-2)14-8-10-15(11-9-14)21-16(17,18)19/h8-11,13H,4-7,12H2,1-3H3/t13-/m0/s1. The molecule has 1 aromatic rings. The van der Waals surface area contributed by atoms with E-state index >= 15 is 0 Å². The summed E-state index contributed by atoms with van der Waals surface area (Å²) in [6.45, 7) is 7.31. The Morgan fingerprint density at radius 3 is 2.19 bits per heavy atom. The smallest absolute Gasteiger partial charge is 0.406 e. The molecule has 0 N–H and O–H groups in total. The van der Waals surface area contributed by atoms with Crippen molar-refractivity contribution in [2.75, 3.05) is 11.4 Å². The molecule has 0 amide bonds. The molecule has 0 saturated heterocycles. The van der Waals surface area contributed by atoms with Crippen molar-refractivity contribution in [3.05, 3.63) is 24.3 Å².